The van der Waals surface area contributed by atoms with E-state index in [0.29, 0.717) is 23.9 Å². The van der Waals surface area contributed by atoms with Gasteiger partial charge in [-0.2, -0.15) is 5.26 Å². The summed E-state index contributed by atoms with van der Waals surface area (Å²) in [7, 11) is 0. The molecule has 0 spiro atoms. The number of pyridine rings is 1. The number of hydrogen-bond acceptors (Lipinski definition) is 4. The van der Waals surface area contributed by atoms with Crippen molar-refractivity contribution < 1.29 is 9.13 Å². The zero-order chi connectivity index (χ0) is 13.9. The SMILES string of the molecule is N#Cc1cccc(NC2CCOc3ccc(F)cc32)n1. The van der Waals surface area contributed by atoms with Gasteiger partial charge < -0.3 is 10.1 Å². The summed E-state index contributed by atoms with van der Waals surface area (Å²) < 4.78 is 18.9. The second kappa shape index (κ2) is 5.17. The first-order valence-electron chi connectivity index (χ1n) is 6.32. The van der Waals surface area contributed by atoms with Crippen molar-refractivity contribution in [1.82, 2.24) is 4.98 Å². The van der Waals surface area contributed by atoms with E-state index in [1.807, 2.05) is 6.07 Å². The highest BCUT2D eigenvalue weighted by molar-refractivity contribution is 5.46. The minimum Gasteiger partial charge on any atom is -0.493 e. The monoisotopic (exact) mass is 269 g/mol. The van der Waals surface area contributed by atoms with E-state index in [2.05, 4.69) is 10.3 Å². The number of benzene rings is 1. The van der Waals surface area contributed by atoms with E-state index in [4.69, 9.17) is 10.00 Å². The van der Waals surface area contributed by atoms with Gasteiger partial charge in [-0.1, -0.05) is 6.07 Å². The van der Waals surface area contributed by atoms with Gasteiger partial charge >= 0.3 is 0 Å². The molecule has 0 aliphatic carbocycles. The lowest BCUT2D eigenvalue weighted by molar-refractivity contribution is 0.273. The lowest BCUT2D eigenvalue weighted by Crippen LogP contribution is -2.21. The van der Waals surface area contributed by atoms with Crippen LogP contribution in [0.3, 0.4) is 0 Å². The van der Waals surface area contributed by atoms with Gasteiger partial charge in [-0.25, -0.2) is 9.37 Å². The number of halogens is 1. The Morgan fingerprint density at radius 1 is 1.35 bits per heavy atom. The predicted octanol–water partition coefficient (Wildman–Crippen LogP) is 3.03. The van der Waals surface area contributed by atoms with Gasteiger partial charge in [0, 0.05) is 12.0 Å². The quantitative estimate of drug-likeness (QED) is 0.910. The van der Waals surface area contributed by atoms with Crippen LogP contribution >= 0.6 is 0 Å². The number of nitriles is 1. The van der Waals surface area contributed by atoms with Gasteiger partial charge in [-0.15, -0.1) is 0 Å². The Morgan fingerprint density at radius 2 is 2.25 bits per heavy atom. The van der Waals surface area contributed by atoms with Crippen LogP contribution in [0.25, 0.3) is 0 Å². The van der Waals surface area contributed by atoms with Crippen LogP contribution in [0.5, 0.6) is 5.75 Å². The maximum absolute atomic E-state index is 13.4. The van der Waals surface area contributed by atoms with E-state index in [9.17, 15) is 4.39 Å². The van der Waals surface area contributed by atoms with Gasteiger partial charge in [0.25, 0.3) is 0 Å². The van der Waals surface area contributed by atoms with Crippen molar-refractivity contribution in [2.45, 2.75) is 12.5 Å². The molecule has 3 rings (SSSR count). The van der Waals surface area contributed by atoms with Crippen LogP contribution in [0.15, 0.2) is 36.4 Å². The highest BCUT2D eigenvalue weighted by Gasteiger charge is 2.22. The van der Waals surface area contributed by atoms with Crippen LogP contribution in [0, 0.1) is 17.1 Å². The van der Waals surface area contributed by atoms with Crippen molar-refractivity contribution in [1.29, 1.82) is 5.26 Å². The summed E-state index contributed by atoms with van der Waals surface area (Å²) in [5, 5.41) is 12.1. The smallest absolute Gasteiger partial charge is 0.142 e. The molecule has 0 bridgehead atoms. The largest absolute Gasteiger partial charge is 0.493 e. The Hall–Kier alpha value is -2.61. The topological polar surface area (TPSA) is 57.9 Å². The average molecular weight is 269 g/mol. The Morgan fingerprint density at radius 3 is 3.10 bits per heavy atom. The molecular formula is C15H12FN3O. The molecule has 0 radical (unpaired) electrons. The number of aromatic nitrogens is 1. The maximum Gasteiger partial charge on any atom is 0.142 e. The van der Waals surface area contributed by atoms with Crippen molar-refractivity contribution >= 4 is 5.82 Å². The summed E-state index contributed by atoms with van der Waals surface area (Å²) in [6.45, 7) is 0.564. The lowest BCUT2D eigenvalue weighted by atomic mass is 10.0. The summed E-state index contributed by atoms with van der Waals surface area (Å²) in [6, 6.07) is 11.6. The van der Waals surface area contributed by atoms with Crippen LogP contribution in [-0.4, -0.2) is 11.6 Å². The molecule has 4 nitrogen and oxygen atoms in total. The number of anilines is 1. The highest BCUT2D eigenvalue weighted by atomic mass is 19.1. The summed E-state index contributed by atoms with van der Waals surface area (Å²) >= 11 is 0. The van der Waals surface area contributed by atoms with Gasteiger partial charge in [0.15, 0.2) is 0 Å². The lowest BCUT2D eigenvalue weighted by Gasteiger charge is -2.27. The fourth-order valence-electron chi connectivity index (χ4n) is 2.27. The molecule has 0 fully saturated rings. The van der Waals surface area contributed by atoms with E-state index in [0.717, 1.165) is 12.0 Å². The molecule has 1 aliphatic heterocycles. The minimum absolute atomic E-state index is 0.0732. The molecule has 0 saturated carbocycles. The van der Waals surface area contributed by atoms with E-state index >= 15 is 0 Å². The number of ether oxygens (including phenoxy) is 1. The van der Waals surface area contributed by atoms with E-state index < -0.39 is 0 Å². The molecular weight excluding hydrogens is 257 g/mol. The second-order valence-corrected chi connectivity index (χ2v) is 4.54. The first kappa shape index (κ1) is 12.4. The average Bonchev–Trinajstić information content (AvgIpc) is 2.48. The van der Waals surface area contributed by atoms with Crippen LogP contribution in [-0.2, 0) is 0 Å². The van der Waals surface area contributed by atoms with Gasteiger partial charge in [-0.05, 0) is 30.3 Å². The first-order chi connectivity index (χ1) is 9.76. The van der Waals surface area contributed by atoms with Crippen molar-refractivity contribution in [3.05, 3.63) is 53.5 Å². The predicted molar refractivity (Wildman–Crippen MR) is 71.8 cm³/mol. The fourth-order valence-corrected chi connectivity index (χ4v) is 2.27. The summed E-state index contributed by atoms with van der Waals surface area (Å²) in [4.78, 5) is 4.17. The first-order valence-corrected chi connectivity index (χ1v) is 6.32. The number of nitrogens with zero attached hydrogens (tertiary/aromatic N) is 2. The molecule has 1 unspecified atom stereocenters. The zero-order valence-electron chi connectivity index (χ0n) is 10.6. The molecule has 5 heteroatoms. The molecule has 100 valence electrons. The van der Waals surface area contributed by atoms with E-state index in [-0.39, 0.29) is 11.9 Å². The van der Waals surface area contributed by atoms with Crippen molar-refractivity contribution in [2.24, 2.45) is 0 Å². The fraction of sp³-hybridized carbons (Fsp3) is 0.200. The highest BCUT2D eigenvalue weighted by Crippen LogP contribution is 2.34. The van der Waals surface area contributed by atoms with Crippen LogP contribution in [0.4, 0.5) is 10.2 Å². The Kier molecular flexibility index (Phi) is 3.21. The Labute approximate surface area is 115 Å². The third-order valence-corrected chi connectivity index (χ3v) is 3.20. The maximum atomic E-state index is 13.4. The number of hydrogen-bond donors (Lipinski definition) is 1. The molecule has 1 atom stereocenters. The zero-order valence-corrected chi connectivity index (χ0v) is 10.6. The third kappa shape index (κ3) is 2.41. The second-order valence-electron chi connectivity index (χ2n) is 4.54. The normalized spacial score (nSPS) is 16.7. The number of rotatable bonds is 2. The minimum atomic E-state index is -0.292. The van der Waals surface area contributed by atoms with Gasteiger partial charge in [0.05, 0.1) is 12.6 Å². The van der Waals surface area contributed by atoms with Crippen molar-refractivity contribution in [3.8, 4) is 11.8 Å². The summed E-state index contributed by atoms with van der Waals surface area (Å²) in [6.07, 6.45) is 0.717. The standard InChI is InChI=1S/C15H12FN3O/c16-10-4-5-14-12(8-10)13(6-7-20-14)19-15-3-1-2-11(9-17)18-15/h1-5,8,13H,6-7H2,(H,18,19). The summed E-state index contributed by atoms with van der Waals surface area (Å²) in [5.74, 6) is 0.998. The van der Waals surface area contributed by atoms with Crippen molar-refractivity contribution in [2.75, 3.05) is 11.9 Å². The van der Waals surface area contributed by atoms with E-state index in [1.54, 1.807) is 24.3 Å². The Bertz CT molecular complexity index is 681. The Balaban J connectivity index is 1.89. The molecule has 1 N–H and O–H groups in total. The van der Waals surface area contributed by atoms with Crippen LogP contribution in [0.1, 0.15) is 23.7 Å². The third-order valence-electron chi connectivity index (χ3n) is 3.20. The molecule has 0 saturated heterocycles. The summed E-state index contributed by atoms with van der Waals surface area (Å²) in [5.41, 5.74) is 1.13. The molecule has 0 amide bonds. The van der Waals surface area contributed by atoms with Crippen molar-refractivity contribution in [3.63, 3.8) is 0 Å². The molecule has 1 aliphatic rings. The van der Waals surface area contributed by atoms with Crippen LogP contribution in [0.2, 0.25) is 0 Å². The molecule has 2 aromatic rings. The number of nitrogens with one attached hydrogen (secondary N) is 1. The van der Waals surface area contributed by atoms with Gasteiger partial charge in [-0.3, -0.25) is 0 Å². The molecule has 1 aromatic heterocycles. The van der Waals surface area contributed by atoms with E-state index in [1.165, 1.54) is 12.1 Å². The molecule has 20 heavy (non-hydrogen) atoms. The molecule has 1 aromatic carbocycles. The van der Waals surface area contributed by atoms with Crippen LogP contribution < -0.4 is 10.1 Å². The van der Waals surface area contributed by atoms with Gasteiger partial charge in [0.2, 0.25) is 0 Å². The number of fused-ring (bicyclic) bond motifs is 1. The van der Waals surface area contributed by atoms with Gasteiger partial charge in [0.1, 0.15) is 29.1 Å². The molecule has 2 heterocycles.